The Morgan fingerprint density at radius 1 is 0.969 bits per heavy atom. The van der Waals surface area contributed by atoms with Gasteiger partial charge in [0.05, 0.1) is 11.3 Å². The van der Waals surface area contributed by atoms with Crippen LogP contribution in [0.1, 0.15) is 58.4 Å². The second kappa shape index (κ2) is 24.2. The van der Waals surface area contributed by atoms with Gasteiger partial charge in [-0.25, -0.2) is 4.79 Å². The van der Waals surface area contributed by atoms with Gasteiger partial charge in [0.1, 0.15) is 0 Å². The summed E-state index contributed by atoms with van der Waals surface area (Å²) in [4.78, 5) is 24.9. The topological polar surface area (TPSA) is 49.4 Å². The third kappa shape index (κ3) is 14.4. The fraction of sp³-hybridized carbons (Fsp3) is 0.360. The summed E-state index contributed by atoms with van der Waals surface area (Å²) in [6, 6.07) is 17.4. The molecule has 0 heterocycles. The maximum Gasteiger partial charge on any atom is 1.00 e. The summed E-state index contributed by atoms with van der Waals surface area (Å²) in [6.45, 7) is 13.7. The normalized spacial score (nSPS) is 9.44. The average Bonchev–Trinajstić information content (AvgIpc) is 2.77. The number of thiol groups is 1. The van der Waals surface area contributed by atoms with Gasteiger partial charge in [0.2, 0.25) is 0 Å². The predicted octanol–water partition coefficient (Wildman–Crippen LogP) is 3.96. The molecule has 0 fully saturated rings. The molecule has 0 aromatic heterocycles. The summed E-state index contributed by atoms with van der Waals surface area (Å²) in [5.74, 6) is -0.508. The van der Waals surface area contributed by atoms with Crippen molar-refractivity contribution in [1.29, 1.82) is 0 Å². The molecule has 1 unspecified atom stereocenters. The van der Waals surface area contributed by atoms with E-state index in [1.54, 1.807) is 0 Å². The summed E-state index contributed by atoms with van der Waals surface area (Å²) in [6.07, 6.45) is 1.64. The van der Waals surface area contributed by atoms with E-state index in [0.717, 1.165) is 34.4 Å². The molecule has 0 saturated carbocycles. The van der Waals surface area contributed by atoms with Crippen LogP contribution in [0, 0.1) is 14.4 Å². The molecule has 3 amide bonds. The number of benzene rings is 2. The van der Waals surface area contributed by atoms with Crippen molar-refractivity contribution in [2.45, 2.75) is 52.8 Å². The van der Waals surface area contributed by atoms with Crippen LogP contribution in [0.4, 0.5) is 4.79 Å². The summed E-state index contributed by atoms with van der Waals surface area (Å²) in [7, 11) is 0. The molecule has 0 aliphatic heterocycles. The molecule has 4 nitrogen and oxygen atoms in total. The standard InChI is InChI=1S/C20H23N2O2S.2C2H6.CH3.Rb.W/c1-3-4-14-22(15(2)23)20(24)21-19(25)18-12-10-17(11-13-18)16-8-6-5-7-9-16;2*1-2;;;/h5-13,19,25H,2-4,14H2,1H3,(H,21,24);2*1-2H3;1H3;;/q-1;;;-1;+1;. The molecule has 2 aromatic rings. The van der Waals surface area contributed by atoms with Crippen molar-refractivity contribution in [3.63, 3.8) is 0 Å². The molecule has 0 radical (unpaired) electrons. The summed E-state index contributed by atoms with van der Waals surface area (Å²) < 4.78 is 0. The molecule has 1 atom stereocenters. The second-order valence-electron chi connectivity index (χ2n) is 5.74. The average molecular weight is 700 g/mol. The number of nitrogens with one attached hydrogen (secondary N) is 1. The Bertz CT molecular complexity index is 716. The zero-order chi connectivity index (χ0) is 22.2. The smallest absolute Gasteiger partial charge is 0.358 e. The fourth-order valence-corrected chi connectivity index (χ4v) is 2.70. The number of rotatable bonds is 6. The molecule has 0 spiro atoms. The van der Waals surface area contributed by atoms with Gasteiger partial charge in [-0.1, -0.05) is 95.6 Å². The van der Waals surface area contributed by atoms with Crippen LogP contribution in [-0.2, 0) is 25.9 Å². The number of hydrogen-bond acceptors (Lipinski definition) is 3. The molecular formula is C25H38N2O2RbSW-. The van der Waals surface area contributed by atoms with Crippen LogP contribution in [0.15, 0.2) is 54.6 Å². The Labute approximate surface area is 265 Å². The van der Waals surface area contributed by atoms with E-state index in [2.05, 4.69) is 24.9 Å². The molecule has 2 rings (SSSR count). The van der Waals surface area contributed by atoms with Crippen molar-refractivity contribution in [2.24, 2.45) is 0 Å². The number of urea groups is 1. The Hall–Kier alpha value is 0.0935. The molecule has 7 heteroatoms. The maximum absolute atomic E-state index is 12.3. The van der Waals surface area contributed by atoms with Crippen molar-refractivity contribution in [3.05, 3.63) is 74.5 Å². The minimum Gasteiger partial charge on any atom is -0.358 e. The van der Waals surface area contributed by atoms with E-state index in [4.69, 9.17) is 0 Å². The number of carbonyl (C=O) groups is 2. The minimum absolute atomic E-state index is 0. The van der Waals surface area contributed by atoms with E-state index >= 15 is 0 Å². The van der Waals surface area contributed by atoms with Crippen LogP contribution in [0.25, 0.3) is 11.1 Å². The minimum atomic E-state index is -0.508. The van der Waals surface area contributed by atoms with Crippen LogP contribution in [-0.4, -0.2) is 23.4 Å². The van der Waals surface area contributed by atoms with Crippen molar-refractivity contribution in [1.82, 2.24) is 10.2 Å². The number of hydrogen-bond donors (Lipinski definition) is 2. The Morgan fingerprint density at radius 3 is 1.88 bits per heavy atom. The van der Waals surface area contributed by atoms with E-state index in [1.165, 1.54) is 0 Å². The Balaban J connectivity index is -0.000000529. The van der Waals surface area contributed by atoms with Crippen molar-refractivity contribution < 1.29 is 88.8 Å². The molecule has 2 aromatic carbocycles. The van der Waals surface area contributed by atoms with Gasteiger partial charge < -0.3 is 24.5 Å². The van der Waals surface area contributed by atoms with E-state index < -0.39 is 17.3 Å². The monoisotopic (exact) mass is 699 g/mol. The first-order valence-electron chi connectivity index (χ1n) is 10.3. The van der Waals surface area contributed by atoms with Crippen molar-refractivity contribution in [3.8, 4) is 11.1 Å². The number of unbranched alkanes of at least 4 members (excludes halogenated alkanes) is 1. The predicted molar refractivity (Wildman–Crippen MR) is 133 cm³/mol. The van der Waals surface area contributed by atoms with Crippen LogP contribution in [0.5, 0.6) is 0 Å². The SMILES string of the molecule is CC.CC.[CH2-]C(=O)N(CCCC)C(=O)NC(S)c1ccc(-c2ccccc2)cc1.[CH3-].[Rb+].[W]. The van der Waals surface area contributed by atoms with E-state index in [1.807, 2.05) is 89.2 Å². The molecule has 174 valence electrons. The zero-order valence-corrected chi connectivity index (χ0v) is 29.5. The first kappa shape index (κ1) is 39.3. The van der Waals surface area contributed by atoms with E-state index in [0.29, 0.717) is 6.54 Å². The van der Waals surface area contributed by atoms with E-state index in [-0.39, 0.29) is 86.7 Å². The molecule has 0 bridgehead atoms. The number of amides is 3. The van der Waals surface area contributed by atoms with Gasteiger partial charge in [-0.15, -0.1) is 12.6 Å². The van der Waals surface area contributed by atoms with Gasteiger partial charge in [-0.05, 0) is 23.1 Å². The molecular weight excluding hydrogens is 662 g/mol. The van der Waals surface area contributed by atoms with Crippen molar-refractivity contribution in [2.75, 3.05) is 6.54 Å². The number of nitrogens with zero attached hydrogens (tertiary/aromatic N) is 1. The third-order valence-corrected chi connectivity index (χ3v) is 4.30. The van der Waals surface area contributed by atoms with Gasteiger partial charge in [0, 0.05) is 27.6 Å². The Kier molecular flexibility index (Phi) is 29.8. The Morgan fingerprint density at radius 2 is 1.44 bits per heavy atom. The van der Waals surface area contributed by atoms with Gasteiger partial charge in [0.15, 0.2) is 0 Å². The zero-order valence-electron chi connectivity index (χ0n) is 20.7. The first-order chi connectivity index (χ1) is 14.0. The first-order valence-corrected chi connectivity index (χ1v) is 10.8. The van der Waals surface area contributed by atoms with Gasteiger partial charge in [-0.2, -0.15) is 0 Å². The molecule has 0 saturated heterocycles. The quantitative estimate of drug-likeness (QED) is 0.273. The summed E-state index contributed by atoms with van der Waals surface area (Å²) in [5, 5.41) is 2.24. The van der Waals surface area contributed by atoms with Crippen LogP contribution < -0.4 is 63.5 Å². The van der Waals surface area contributed by atoms with E-state index in [9.17, 15) is 9.59 Å². The fourth-order valence-electron chi connectivity index (χ4n) is 2.42. The van der Waals surface area contributed by atoms with Gasteiger partial charge in [0.25, 0.3) is 0 Å². The summed E-state index contributed by atoms with van der Waals surface area (Å²) in [5.41, 5.74) is 3.07. The second-order valence-corrected chi connectivity index (χ2v) is 6.26. The van der Waals surface area contributed by atoms with Gasteiger partial charge in [-0.3, -0.25) is 4.90 Å². The number of imide groups is 1. The van der Waals surface area contributed by atoms with Crippen LogP contribution >= 0.6 is 12.6 Å². The van der Waals surface area contributed by atoms with Crippen molar-refractivity contribution >= 4 is 24.6 Å². The molecule has 0 aliphatic carbocycles. The molecule has 0 aliphatic rings. The van der Waals surface area contributed by atoms with Crippen LogP contribution in [0.3, 0.4) is 0 Å². The van der Waals surface area contributed by atoms with Gasteiger partial charge >= 0.3 is 64.2 Å². The largest absolute Gasteiger partial charge is 1.00 e. The third-order valence-electron chi connectivity index (χ3n) is 3.88. The maximum atomic E-state index is 12.3. The number of carbonyl (C=O) groups excluding carboxylic acids is 2. The molecule has 32 heavy (non-hydrogen) atoms. The molecule has 1 N–H and O–H groups in total. The summed E-state index contributed by atoms with van der Waals surface area (Å²) >= 11 is 4.44. The van der Waals surface area contributed by atoms with Crippen LogP contribution in [0.2, 0.25) is 0 Å².